The second-order valence-electron chi connectivity index (χ2n) is 8.10. The molecular weight excluding hydrogens is 431 g/mol. The van der Waals surface area contributed by atoms with E-state index < -0.39 is 0 Å². The minimum atomic E-state index is 0.0874. The average Bonchev–Trinajstić information content (AvgIpc) is 3.07. The first-order valence-electron chi connectivity index (χ1n) is 10.4. The van der Waals surface area contributed by atoms with Crippen LogP contribution in [0.1, 0.15) is 32.9 Å². The Balaban J connectivity index is 1.36. The summed E-state index contributed by atoms with van der Waals surface area (Å²) in [6.45, 7) is 8.59. The predicted octanol–water partition coefficient (Wildman–Crippen LogP) is 4.81. The Kier molecular flexibility index (Phi) is 6.65. The van der Waals surface area contributed by atoms with Crippen molar-refractivity contribution in [2.24, 2.45) is 0 Å². The third kappa shape index (κ3) is 5.29. The van der Waals surface area contributed by atoms with Gasteiger partial charge in [-0.15, -0.1) is 0 Å². The molecule has 0 bridgehead atoms. The lowest BCUT2D eigenvalue weighted by molar-refractivity contribution is 0.0628. The van der Waals surface area contributed by atoms with Crippen molar-refractivity contribution in [1.29, 1.82) is 0 Å². The van der Waals surface area contributed by atoms with Crippen LogP contribution in [0.4, 0.5) is 0 Å². The van der Waals surface area contributed by atoms with Crippen LogP contribution in [0.15, 0.2) is 48.5 Å². The number of rotatable bonds is 5. The van der Waals surface area contributed by atoms with Crippen LogP contribution in [0, 0.1) is 13.8 Å². The molecule has 31 heavy (non-hydrogen) atoms. The van der Waals surface area contributed by atoms with Crippen LogP contribution in [0.25, 0.3) is 0 Å². The minimum absolute atomic E-state index is 0.0874. The molecule has 0 radical (unpaired) electrons. The molecule has 0 saturated carbocycles. The van der Waals surface area contributed by atoms with Gasteiger partial charge in [-0.25, -0.2) is 0 Å². The van der Waals surface area contributed by atoms with E-state index in [1.807, 2.05) is 65.9 Å². The maximum atomic E-state index is 13.1. The number of benzene rings is 2. The SMILES string of the molecule is Cc1cc(C)n(Cc2cccc(C(=O)N3CCN(Cc4ccc(Cl)c(Cl)c4)CC3)c2)n1. The molecule has 162 valence electrons. The van der Waals surface area contributed by atoms with Crippen molar-refractivity contribution < 1.29 is 4.79 Å². The van der Waals surface area contributed by atoms with Crippen molar-refractivity contribution in [2.75, 3.05) is 26.2 Å². The van der Waals surface area contributed by atoms with Gasteiger partial charge in [-0.05, 0) is 55.3 Å². The molecule has 7 heteroatoms. The van der Waals surface area contributed by atoms with Crippen molar-refractivity contribution in [1.82, 2.24) is 19.6 Å². The van der Waals surface area contributed by atoms with Crippen LogP contribution in [0.2, 0.25) is 10.0 Å². The highest BCUT2D eigenvalue weighted by Crippen LogP contribution is 2.23. The Morgan fingerprint density at radius 1 is 0.903 bits per heavy atom. The van der Waals surface area contributed by atoms with Gasteiger partial charge in [-0.1, -0.05) is 41.4 Å². The highest BCUT2D eigenvalue weighted by atomic mass is 35.5. The number of aromatic nitrogens is 2. The highest BCUT2D eigenvalue weighted by Gasteiger charge is 2.22. The first-order valence-corrected chi connectivity index (χ1v) is 11.2. The highest BCUT2D eigenvalue weighted by molar-refractivity contribution is 6.42. The van der Waals surface area contributed by atoms with E-state index in [9.17, 15) is 4.79 Å². The zero-order valence-corrected chi connectivity index (χ0v) is 19.3. The quantitative estimate of drug-likeness (QED) is 0.552. The van der Waals surface area contributed by atoms with Gasteiger partial charge < -0.3 is 4.90 Å². The van der Waals surface area contributed by atoms with Crippen molar-refractivity contribution in [3.05, 3.63) is 86.7 Å². The molecular formula is C24H26Cl2N4O. The Labute approximate surface area is 193 Å². The molecule has 0 atom stereocenters. The average molecular weight is 457 g/mol. The molecule has 5 nitrogen and oxygen atoms in total. The van der Waals surface area contributed by atoms with Gasteiger partial charge in [0.1, 0.15) is 0 Å². The molecule has 0 N–H and O–H groups in total. The number of carbonyl (C=O) groups is 1. The summed E-state index contributed by atoms with van der Waals surface area (Å²) in [6.07, 6.45) is 0. The summed E-state index contributed by atoms with van der Waals surface area (Å²) in [7, 11) is 0. The number of amides is 1. The summed E-state index contributed by atoms with van der Waals surface area (Å²) in [5.74, 6) is 0.0874. The van der Waals surface area contributed by atoms with Crippen LogP contribution in [0.5, 0.6) is 0 Å². The summed E-state index contributed by atoms with van der Waals surface area (Å²) in [6, 6.07) is 15.7. The molecule has 4 rings (SSSR count). The molecule has 0 aliphatic carbocycles. The van der Waals surface area contributed by atoms with Gasteiger partial charge in [0.25, 0.3) is 5.91 Å². The van der Waals surface area contributed by atoms with Crippen molar-refractivity contribution in [3.8, 4) is 0 Å². The first-order chi connectivity index (χ1) is 14.9. The number of hydrogen-bond donors (Lipinski definition) is 0. The van der Waals surface area contributed by atoms with Crippen molar-refractivity contribution in [2.45, 2.75) is 26.9 Å². The third-order valence-electron chi connectivity index (χ3n) is 5.66. The Morgan fingerprint density at radius 2 is 1.65 bits per heavy atom. The normalized spacial score (nSPS) is 14.8. The summed E-state index contributed by atoms with van der Waals surface area (Å²) in [5, 5.41) is 5.67. The summed E-state index contributed by atoms with van der Waals surface area (Å²) in [5.41, 5.74) is 5.06. The van der Waals surface area contributed by atoms with E-state index in [1.165, 1.54) is 0 Å². The Morgan fingerprint density at radius 3 is 2.32 bits per heavy atom. The molecule has 1 aromatic heterocycles. The summed E-state index contributed by atoms with van der Waals surface area (Å²) < 4.78 is 1.97. The molecule has 0 unspecified atom stereocenters. The molecule has 1 fully saturated rings. The van der Waals surface area contributed by atoms with Gasteiger partial charge in [-0.2, -0.15) is 5.10 Å². The fraction of sp³-hybridized carbons (Fsp3) is 0.333. The van der Waals surface area contributed by atoms with Gasteiger partial charge in [0.05, 0.1) is 22.3 Å². The van der Waals surface area contributed by atoms with Crippen molar-refractivity contribution in [3.63, 3.8) is 0 Å². The summed E-state index contributed by atoms with van der Waals surface area (Å²) in [4.78, 5) is 17.3. The zero-order valence-electron chi connectivity index (χ0n) is 17.8. The minimum Gasteiger partial charge on any atom is -0.336 e. The van der Waals surface area contributed by atoms with Gasteiger partial charge in [0.2, 0.25) is 0 Å². The predicted molar refractivity (Wildman–Crippen MR) is 125 cm³/mol. The van der Waals surface area contributed by atoms with Gasteiger partial charge in [-0.3, -0.25) is 14.4 Å². The van der Waals surface area contributed by atoms with Gasteiger partial charge >= 0.3 is 0 Å². The fourth-order valence-corrected chi connectivity index (χ4v) is 4.32. The Bertz CT molecular complexity index is 1090. The number of hydrogen-bond acceptors (Lipinski definition) is 3. The molecule has 2 aromatic carbocycles. The van der Waals surface area contributed by atoms with E-state index in [1.54, 1.807) is 0 Å². The van der Waals surface area contributed by atoms with Crippen molar-refractivity contribution >= 4 is 29.1 Å². The standard InChI is InChI=1S/C24H26Cl2N4O/c1-17-12-18(2)30(27-17)16-19-4-3-5-21(13-19)24(31)29-10-8-28(9-11-29)15-20-6-7-22(25)23(26)14-20/h3-7,12-14H,8-11,15-16H2,1-2H3. The molecule has 2 heterocycles. The topological polar surface area (TPSA) is 41.4 Å². The molecule has 1 aliphatic rings. The fourth-order valence-electron chi connectivity index (χ4n) is 4.00. The maximum Gasteiger partial charge on any atom is 0.253 e. The molecule has 1 amide bonds. The molecule has 3 aromatic rings. The monoisotopic (exact) mass is 456 g/mol. The first kappa shape index (κ1) is 21.9. The Hall–Kier alpha value is -2.34. The van der Waals surface area contributed by atoms with Gasteiger partial charge in [0.15, 0.2) is 0 Å². The number of nitrogens with zero attached hydrogens (tertiary/aromatic N) is 4. The van der Waals surface area contributed by atoms with Crippen LogP contribution < -0.4 is 0 Å². The van der Waals surface area contributed by atoms with E-state index in [0.717, 1.165) is 47.7 Å². The lowest BCUT2D eigenvalue weighted by Crippen LogP contribution is -2.48. The zero-order chi connectivity index (χ0) is 22.0. The van der Waals surface area contributed by atoms with E-state index in [0.29, 0.717) is 29.7 Å². The second kappa shape index (κ2) is 9.43. The van der Waals surface area contributed by atoms with E-state index in [2.05, 4.69) is 16.1 Å². The van der Waals surface area contributed by atoms with E-state index in [-0.39, 0.29) is 5.91 Å². The maximum absolute atomic E-state index is 13.1. The number of piperazine rings is 1. The molecule has 1 saturated heterocycles. The molecule has 0 spiro atoms. The lowest BCUT2D eigenvalue weighted by Gasteiger charge is -2.35. The lowest BCUT2D eigenvalue weighted by atomic mass is 10.1. The van der Waals surface area contributed by atoms with Crippen LogP contribution in [-0.2, 0) is 13.1 Å². The van der Waals surface area contributed by atoms with Crippen LogP contribution in [0.3, 0.4) is 0 Å². The number of carbonyl (C=O) groups excluding carboxylic acids is 1. The van der Waals surface area contributed by atoms with E-state index >= 15 is 0 Å². The summed E-state index contributed by atoms with van der Waals surface area (Å²) >= 11 is 12.1. The van der Waals surface area contributed by atoms with E-state index in [4.69, 9.17) is 23.2 Å². The second-order valence-corrected chi connectivity index (χ2v) is 8.92. The van der Waals surface area contributed by atoms with Gasteiger partial charge in [0, 0.05) is 44.0 Å². The number of aryl methyl sites for hydroxylation is 2. The number of halogens is 2. The largest absolute Gasteiger partial charge is 0.336 e. The molecule has 1 aliphatic heterocycles. The van der Waals surface area contributed by atoms with Crippen LogP contribution >= 0.6 is 23.2 Å². The van der Waals surface area contributed by atoms with Crippen LogP contribution in [-0.4, -0.2) is 51.7 Å². The smallest absolute Gasteiger partial charge is 0.253 e. The third-order valence-corrected chi connectivity index (χ3v) is 6.40.